The maximum Gasteiger partial charge on any atom is 0.255 e. The highest BCUT2D eigenvalue weighted by Crippen LogP contribution is 2.37. The number of nitrogens with zero attached hydrogens (tertiary/aromatic N) is 2. The van der Waals surface area contributed by atoms with E-state index in [1.54, 1.807) is 29.3 Å². The van der Waals surface area contributed by atoms with E-state index in [2.05, 4.69) is 25.7 Å². The van der Waals surface area contributed by atoms with Gasteiger partial charge in [0.25, 0.3) is 5.91 Å². The van der Waals surface area contributed by atoms with E-state index in [9.17, 15) is 9.00 Å². The van der Waals surface area contributed by atoms with Gasteiger partial charge in [0.15, 0.2) is 0 Å². The molecule has 4 rings (SSSR count). The van der Waals surface area contributed by atoms with Crippen molar-refractivity contribution in [1.82, 2.24) is 9.80 Å². The molecule has 1 aliphatic carbocycles. The molecule has 194 valence electrons. The van der Waals surface area contributed by atoms with E-state index in [1.807, 2.05) is 4.90 Å². The number of likely N-dealkylation sites (tertiary alicyclic amines) is 2. The summed E-state index contributed by atoms with van der Waals surface area (Å²) >= 11 is 12.4. The van der Waals surface area contributed by atoms with Crippen molar-refractivity contribution >= 4 is 39.9 Å². The van der Waals surface area contributed by atoms with Crippen LogP contribution in [0, 0.1) is 5.92 Å². The minimum Gasteiger partial charge on any atom is -0.338 e. The summed E-state index contributed by atoms with van der Waals surface area (Å²) in [5.74, 6) is 0.673. The summed E-state index contributed by atoms with van der Waals surface area (Å²) in [5, 5.41) is 1.46. The molecule has 7 heteroatoms. The van der Waals surface area contributed by atoms with Crippen molar-refractivity contribution in [2.24, 2.45) is 5.92 Å². The van der Waals surface area contributed by atoms with Crippen LogP contribution in [-0.2, 0) is 10.8 Å². The summed E-state index contributed by atoms with van der Waals surface area (Å²) in [6.07, 6.45) is 8.99. The van der Waals surface area contributed by atoms with Gasteiger partial charge in [-0.1, -0.05) is 54.3 Å². The van der Waals surface area contributed by atoms with Crippen LogP contribution in [0.4, 0.5) is 0 Å². The lowest BCUT2D eigenvalue weighted by molar-refractivity contribution is 0.0607. The number of halogens is 2. The Morgan fingerprint density at radius 1 is 0.971 bits per heavy atom. The quantitative estimate of drug-likeness (QED) is 0.390. The highest BCUT2D eigenvalue weighted by molar-refractivity contribution is 7.86. The Bertz CT molecular complexity index is 954. The van der Waals surface area contributed by atoms with Gasteiger partial charge in [-0.25, -0.2) is 0 Å². The average Bonchev–Trinajstić information content (AvgIpc) is 2.89. The number of carbonyl (C=O) groups is 1. The molecule has 4 nitrogen and oxygen atoms in total. The summed E-state index contributed by atoms with van der Waals surface area (Å²) in [5.41, 5.74) is 3.79. The lowest BCUT2D eigenvalue weighted by Gasteiger charge is -2.41. The molecule has 35 heavy (non-hydrogen) atoms. The van der Waals surface area contributed by atoms with Crippen molar-refractivity contribution in [2.45, 2.75) is 88.7 Å². The number of amides is 1. The van der Waals surface area contributed by atoms with Gasteiger partial charge in [0.1, 0.15) is 0 Å². The van der Waals surface area contributed by atoms with Gasteiger partial charge in [-0.2, -0.15) is 0 Å². The summed E-state index contributed by atoms with van der Waals surface area (Å²) < 4.78 is 12.5. The first-order valence-electron chi connectivity index (χ1n) is 13.3. The molecule has 0 radical (unpaired) electrons. The first kappa shape index (κ1) is 27.2. The predicted octanol–water partition coefficient (Wildman–Crippen LogP) is 6.73. The zero-order valence-corrected chi connectivity index (χ0v) is 23.7. The molecule has 3 aliphatic rings. The van der Waals surface area contributed by atoms with Crippen LogP contribution in [0.15, 0.2) is 29.3 Å². The topological polar surface area (TPSA) is 40.6 Å². The number of benzene rings is 1. The smallest absolute Gasteiger partial charge is 0.255 e. The van der Waals surface area contributed by atoms with Gasteiger partial charge < -0.3 is 4.90 Å². The van der Waals surface area contributed by atoms with Crippen LogP contribution in [-0.4, -0.2) is 62.6 Å². The summed E-state index contributed by atoms with van der Waals surface area (Å²) in [4.78, 5) is 17.5. The first-order valence-corrected chi connectivity index (χ1v) is 15.3. The average molecular weight is 540 g/mol. The van der Waals surface area contributed by atoms with Gasteiger partial charge >= 0.3 is 0 Å². The van der Waals surface area contributed by atoms with Crippen molar-refractivity contribution in [2.75, 3.05) is 26.2 Å². The second-order valence-corrected chi connectivity index (χ2v) is 13.8. The molecule has 2 aliphatic heterocycles. The third kappa shape index (κ3) is 6.34. The molecule has 0 spiro atoms. The van der Waals surface area contributed by atoms with E-state index in [0.29, 0.717) is 32.8 Å². The summed E-state index contributed by atoms with van der Waals surface area (Å²) in [6, 6.07) is 5.82. The minimum absolute atomic E-state index is 0.0117. The molecule has 1 amide bonds. The maximum atomic E-state index is 13.0. The second kappa shape index (κ2) is 12.1. The molecule has 0 bridgehead atoms. The van der Waals surface area contributed by atoms with Gasteiger partial charge in [0, 0.05) is 53.5 Å². The second-order valence-electron chi connectivity index (χ2n) is 10.8. The number of rotatable bonds is 5. The molecule has 1 unspecified atom stereocenters. The Hall–Kier alpha value is -0.880. The molecule has 1 aromatic rings. The van der Waals surface area contributed by atoms with Gasteiger partial charge in [-0.05, 0) is 76.3 Å². The lowest BCUT2D eigenvalue weighted by atomic mass is 9.80. The highest BCUT2D eigenvalue weighted by atomic mass is 35.5. The molecule has 1 atom stereocenters. The monoisotopic (exact) mass is 538 g/mol. The fourth-order valence-corrected chi connectivity index (χ4v) is 8.12. The van der Waals surface area contributed by atoms with Crippen LogP contribution in [0.1, 0.15) is 82.5 Å². The van der Waals surface area contributed by atoms with Gasteiger partial charge in [-0.15, -0.1) is 0 Å². The SMILES string of the molecule is CC(=C1CCN(C2CCN(C(=O)c3cccc(Cl)c3Cl)CC2)CC1)C1CCC(S(=O)C(C)C)CC1. The third-order valence-corrected chi connectivity index (χ3v) is 11.4. The van der Waals surface area contributed by atoms with Crippen LogP contribution in [0.5, 0.6) is 0 Å². The Morgan fingerprint density at radius 3 is 2.20 bits per heavy atom. The molecule has 0 aromatic heterocycles. The van der Waals surface area contributed by atoms with Crippen LogP contribution in [0.25, 0.3) is 0 Å². The number of piperidine rings is 2. The van der Waals surface area contributed by atoms with Crippen LogP contribution >= 0.6 is 23.2 Å². The third-order valence-electron chi connectivity index (χ3n) is 8.49. The molecule has 2 saturated heterocycles. The van der Waals surface area contributed by atoms with Crippen molar-refractivity contribution < 1.29 is 9.00 Å². The van der Waals surface area contributed by atoms with Gasteiger partial charge in [0.2, 0.25) is 0 Å². The van der Waals surface area contributed by atoms with Crippen molar-refractivity contribution in [3.05, 3.63) is 45.0 Å². The van der Waals surface area contributed by atoms with E-state index in [4.69, 9.17) is 23.2 Å². The van der Waals surface area contributed by atoms with E-state index in [-0.39, 0.29) is 11.2 Å². The summed E-state index contributed by atoms with van der Waals surface area (Å²) in [6.45, 7) is 10.3. The Morgan fingerprint density at radius 2 is 1.60 bits per heavy atom. The van der Waals surface area contributed by atoms with Crippen LogP contribution in [0.2, 0.25) is 10.0 Å². The van der Waals surface area contributed by atoms with Crippen molar-refractivity contribution in [1.29, 1.82) is 0 Å². The lowest BCUT2D eigenvalue weighted by Crippen LogP contribution is -2.48. The first-order chi connectivity index (χ1) is 16.8. The fraction of sp³-hybridized carbons (Fsp3) is 0.679. The van der Waals surface area contributed by atoms with Crippen molar-refractivity contribution in [3.63, 3.8) is 0 Å². The number of allylic oxidation sites excluding steroid dienone is 1. The Labute approximate surface area is 223 Å². The van der Waals surface area contributed by atoms with Crippen molar-refractivity contribution in [3.8, 4) is 0 Å². The summed E-state index contributed by atoms with van der Waals surface area (Å²) in [7, 11) is -0.678. The van der Waals surface area contributed by atoms with Gasteiger partial charge in [0.05, 0.1) is 15.6 Å². The standard InChI is InChI=1S/C28H40Cl2N2O2S/c1-19(2)35(34)24-9-7-21(8-10-24)20(3)22-11-15-31(16-12-22)23-13-17-32(18-14-23)28(33)25-5-4-6-26(29)27(25)30/h4-6,19,21,23-24H,7-18H2,1-3H3. The van der Waals surface area contributed by atoms with E-state index in [1.165, 1.54) is 25.7 Å². The zero-order chi connectivity index (χ0) is 25.1. The molecule has 0 N–H and O–H groups in total. The number of hydrogen-bond donors (Lipinski definition) is 0. The normalized spacial score (nSPS) is 25.7. The fourth-order valence-electron chi connectivity index (χ4n) is 6.23. The van der Waals surface area contributed by atoms with E-state index < -0.39 is 10.8 Å². The molecule has 3 fully saturated rings. The maximum absolute atomic E-state index is 13.0. The molecular weight excluding hydrogens is 499 g/mol. The molecule has 1 aromatic carbocycles. The Balaban J connectivity index is 1.25. The molecule has 1 saturated carbocycles. The van der Waals surface area contributed by atoms with Gasteiger partial charge in [-0.3, -0.25) is 13.9 Å². The highest BCUT2D eigenvalue weighted by Gasteiger charge is 2.32. The number of carbonyl (C=O) groups excluding carboxylic acids is 1. The minimum atomic E-state index is -0.678. The number of hydrogen-bond acceptors (Lipinski definition) is 3. The predicted molar refractivity (Wildman–Crippen MR) is 148 cm³/mol. The largest absolute Gasteiger partial charge is 0.338 e. The van der Waals surface area contributed by atoms with Crippen LogP contribution in [0.3, 0.4) is 0 Å². The van der Waals surface area contributed by atoms with Crippen LogP contribution < -0.4 is 0 Å². The van der Waals surface area contributed by atoms with E-state index in [0.717, 1.165) is 51.9 Å². The zero-order valence-electron chi connectivity index (χ0n) is 21.4. The molecular formula is C28H40Cl2N2O2S. The molecule has 2 heterocycles. The van der Waals surface area contributed by atoms with E-state index >= 15 is 0 Å². The Kier molecular flexibility index (Phi) is 9.40.